The molecule has 0 spiro atoms. The van der Waals surface area contributed by atoms with Gasteiger partial charge in [-0.05, 0) is 37.0 Å². The summed E-state index contributed by atoms with van der Waals surface area (Å²) in [7, 11) is 0. The van der Waals surface area contributed by atoms with Gasteiger partial charge < -0.3 is 0 Å². The highest BCUT2D eigenvalue weighted by Gasteiger charge is 2.20. The third-order valence-corrected chi connectivity index (χ3v) is 6.24. The molecule has 0 aromatic heterocycles. The smallest absolute Gasteiger partial charge is 0.0172 e. The molecule has 0 bridgehead atoms. The number of halogens is 2. The Hall–Kier alpha value is 1.20. The summed E-state index contributed by atoms with van der Waals surface area (Å²) in [6.45, 7) is 14.1. The zero-order chi connectivity index (χ0) is 13.6. The van der Waals surface area contributed by atoms with E-state index in [-0.39, 0.29) is 0 Å². The van der Waals surface area contributed by atoms with Crippen LogP contribution in [-0.2, 0) is 0 Å². The van der Waals surface area contributed by atoms with Crippen LogP contribution in [0.5, 0.6) is 0 Å². The molecule has 17 heavy (non-hydrogen) atoms. The Labute approximate surface area is 136 Å². The van der Waals surface area contributed by atoms with Crippen molar-refractivity contribution in [1.82, 2.24) is 0 Å². The van der Waals surface area contributed by atoms with Gasteiger partial charge in [-0.2, -0.15) is 0 Å². The summed E-state index contributed by atoms with van der Waals surface area (Å²) in [6.07, 6.45) is 4.97. The van der Waals surface area contributed by atoms with Crippen LogP contribution in [-0.4, -0.2) is 8.35 Å². The number of allylic oxidation sites excluding steroid dienone is 2. The van der Waals surface area contributed by atoms with E-state index in [0.717, 1.165) is 15.8 Å². The number of hydrogen-bond donors (Lipinski definition) is 0. The van der Waals surface area contributed by atoms with Gasteiger partial charge in [-0.1, -0.05) is 91.4 Å². The van der Waals surface area contributed by atoms with Gasteiger partial charge >= 0.3 is 0 Å². The van der Waals surface area contributed by atoms with Crippen molar-refractivity contribution < 1.29 is 0 Å². The molecular formula is C15H28I2. The van der Waals surface area contributed by atoms with Gasteiger partial charge in [0.15, 0.2) is 0 Å². The van der Waals surface area contributed by atoms with E-state index in [4.69, 9.17) is 0 Å². The van der Waals surface area contributed by atoms with E-state index in [0.29, 0.717) is 5.41 Å². The first-order valence-electron chi connectivity index (χ1n) is 6.59. The second-order valence-electron chi connectivity index (χ2n) is 6.06. The second kappa shape index (κ2) is 8.39. The van der Waals surface area contributed by atoms with Crippen LogP contribution in [0.25, 0.3) is 0 Å². The number of hydrogen-bond acceptors (Lipinski definition) is 0. The lowest BCUT2D eigenvalue weighted by Crippen LogP contribution is -2.17. The fraction of sp³-hybridized carbons (Fsp3) is 0.867. The highest BCUT2D eigenvalue weighted by atomic mass is 127. The predicted octanol–water partition coefficient (Wildman–Crippen LogP) is 6.27. The molecule has 102 valence electrons. The van der Waals surface area contributed by atoms with Crippen molar-refractivity contribution in [3.05, 3.63) is 11.6 Å². The van der Waals surface area contributed by atoms with E-state index in [1.54, 1.807) is 5.57 Å². The third-order valence-electron chi connectivity index (χ3n) is 4.06. The van der Waals surface area contributed by atoms with E-state index in [9.17, 15) is 0 Å². The standard InChI is InChI=1S/C15H28I2/c1-11(2)13(4)14(17)8-7-12(3)15(5,6)9-10-16/h7,11,13-14H,8-10H2,1-6H3/b12-7-/t13-,14?/m1/s1. The van der Waals surface area contributed by atoms with Gasteiger partial charge in [-0.25, -0.2) is 0 Å². The maximum atomic E-state index is 2.62. The summed E-state index contributed by atoms with van der Waals surface area (Å²) < 4.78 is 2.00. The molecule has 0 nitrogen and oxygen atoms in total. The zero-order valence-electron chi connectivity index (χ0n) is 12.2. The summed E-state index contributed by atoms with van der Waals surface area (Å²) >= 11 is 5.10. The molecule has 0 amide bonds. The molecule has 0 aliphatic heterocycles. The molecular weight excluding hydrogens is 434 g/mol. The number of rotatable bonds is 7. The van der Waals surface area contributed by atoms with Gasteiger partial charge in [0.05, 0.1) is 0 Å². The van der Waals surface area contributed by atoms with Crippen molar-refractivity contribution in [2.24, 2.45) is 17.3 Å². The Balaban J connectivity index is 4.41. The van der Waals surface area contributed by atoms with Crippen LogP contribution in [0.2, 0.25) is 0 Å². The summed E-state index contributed by atoms with van der Waals surface area (Å²) in [5, 5.41) is 0. The summed E-state index contributed by atoms with van der Waals surface area (Å²) in [4.78, 5) is 0. The summed E-state index contributed by atoms with van der Waals surface area (Å²) in [6, 6.07) is 0. The Kier molecular flexibility index (Phi) is 8.98. The van der Waals surface area contributed by atoms with Crippen molar-refractivity contribution in [2.45, 2.75) is 58.3 Å². The van der Waals surface area contributed by atoms with E-state index >= 15 is 0 Å². The van der Waals surface area contributed by atoms with Crippen LogP contribution in [0.1, 0.15) is 54.4 Å². The van der Waals surface area contributed by atoms with Crippen molar-refractivity contribution >= 4 is 45.2 Å². The van der Waals surface area contributed by atoms with Crippen LogP contribution in [0, 0.1) is 17.3 Å². The SMILES string of the molecule is C/C(=C/CC(I)[C@H](C)C(C)C)C(C)(C)CCI. The van der Waals surface area contributed by atoms with E-state index in [2.05, 4.69) is 92.8 Å². The van der Waals surface area contributed by atoms with Crippen LogP contribution < -0.4 is 0 Å². The fourth-order valence-electron chi connectivity index (χ4n) is 1.63. The summed E-state index contributed by atoms with van der Waals surface area (Å²) in [5.41, 5.74) is 1.94. The zero-order valence-corrected chi connectivity index (χ0v) is 16.5. The molecule has 0 aliphatic carbocycles. The first kappa shape index (κ1) is 18.2. The maximum Gasteiger partial charge on any atom is 0.0172 e. The van der Waals surface area contributed by atoms with E-state index in [1.807, 2.05) is 0 Å². The topological polar surface area (TPSA) is 0 Å². The molecule has 0 aromatic carbocycles. The molecule has 0 rings (SSSR count). The van der Waals surface area contributed by atoms with Gasteiger partial charge in [0.1, 0.15) is 0 Å². The van der Waals surface area contributed by atoms with Crippen molar-refractivity contribution in [2.75, 3.05) is 4.43 Å². The van der Waals surface area contributed by atoms with Gasteiger partial charge in [0, 0.05) is 8.35 Å². The van der Waals surface area contributed by atoms with Crippen molar-refractivity contribution in [3.63, 3.8) is 0 Å². The molecule has 0 aliphatic rings. The maximum absolute atomic E-state index is 2.62. The first-order valence-corrected chi connectivity index (χ1v) is 9.36. The molecule has 0 saturated carbocycles. The second-order valence-corrected chi connectivity index (χ2v) is 8.74. The molecule has 0 radical (unpaired) electrons. The molecule has 0 fully saturated rings. The van der Waals surface area contributed by atoms with Gasteiger partial charge in [-0.15, -0.1) is 0 Å². The normalized spacial score (nSPS) is 17.4. The predicted molar refractivity (Wildman–Crippen MR) is 97.5 cm³/mol. The van der Waals surface area contributed by atoms with Crippen molar-refractivity contribution in [3.8, 4) is 0 Å². The van der Waals surface area contributed by atoms with E-state index in [1.165, 1.54) is 17.3 Å². The van der Waals surface area contributed by atoms with Crippen LogP contribution in [0.15, 0.2) is 11.6 Å². The molecule has 0 heterocycles. The monoisotopic (exact) mass is 462 g/mol. The van der Waals surface area contributed by atoms with Crippen molar-refractivity contribution in [1.29, 1.82) is 0 Å². The van der Waals surface area contributed by atoms with Gasteiger partial charge in [0.25, 0.3) is 0 Å². The number of alkyl halides is 2. The lowest BCUT2D eigenvalue weighted by Gasteiger charge is -2.26. The quantitative estimate of drug-likeness (QED) is 0.238. The molecule has 0 aromatic rings. The average Bonchev–Trinajstić information content (AvgIpc) is 2.23. The van der Waals surface area contributed by atoms with Gasteiger partial charge in [0.2, 0.25) is 0 Å². The minimum Gasteiger partial charge on any atom is -0.0863 e. The van der Waals surface area contributed by atoms with E-state index < -0.39 is 0 Å². The lowest BCUT2D eigenvalue weighted by atomic mass is 9.81. The minimum atomic E-state index is 0.374. The first-order chi connectivity index (χ1) is 7.72. The van der Waals surface area contributed by atoms with Crippen LogP contribution in [0.4, 0.5) is 0 Å². The van der Waals surface area contributed by atoms with Gasteiger partial charge in [-0.3, -0.25) is 0 Å². The molecule has 1 unspecified atom stereocenters. The Bertz CT molecular complexity index is 241. The Morgan fingerprint density at radius 3 is 2.18 bits per heavy atom. The van der Waals surface area contributed by atoms with Crippen LogP contribution >= 0.6 is 45.2 Å². The molecule has 2 heteroatoms. The Morgan fingerprint density at radius 1 is 1.24 bits per heavy atom. The average molecular weight is 462 g/mol. The highest BCUT2D eigenvalue weighted by Crippen LogP contribution is 2.32. The van der Waals surface area contributed by atoms with Crippen LogP contribution in [0.3, 0.4) is 0 Å². The summed E-state index contributed by atoms with van der Waals surface area (Å²) in [5.74, 6) is 1.58. The molecule has 0 saturated heterocycles. The molecule has 0 N–H and O–H groups in total. The third kappa shape index (κ3) is 6.79. The Morgan fingerprint density at radius 2 is 1.76 bits per heavy atom. The largest absolute Gasteiger partial charge is 0.0863 e. The fourth-order valence-corrected chi connectivity index (χ4v) is 4.06. The minimum absolute atomic E-state index is 0.374. The lowest BCUT2D eigenvalue weighted by molar-refractivity contribution is 0.409. The molecule has 2 atom stereocenters. The highest BCUT2D eigenvalue weighted by molar-refractivity contribution is 14.1.